The lowest BCUT2D eigenvalue weighted by molar-refractivity contribution is -0.140. The van der Waals surface area contributed by atoms with Crippen LogP contribution in [0, 0.1) is 0 Å². The number of nitrogens with zero attached hydrogens (tertiary/aromatic N) is 2. The molecule has 0 fully saturated rings. The van der Waals surface area contributed by atoms with E-state index in [4.69, 9.17) is 39.5 Å². The van der Waals surface area contributed by atoms with E-state index in [9.17, 15) is 18.0 Å². The van der Waals surface area contributed by atoms with Gasteiger partial charge in [-0.15, -0.1) is 0 Å². The number of anilines is 1. The molecule has 46 heavy (non-hydrogen) atoms. The molecular weight excluding hydrogens is 669 g/mol. The Hall–Kier alpha value is -3.76. The number of amides is 2. The largest absolute Gasteiger partial charge is 0.495 e. The van der Waals surface area contributed by atoms with E-state index < -0.39 is 34.4 Å². The number of ether oxygens (including phenoxy) is 1. The molecule has 1 N–H and O–H groups in total. The van der Waals surface area contributed by atoms with Gasteiger partial charge in [-0.25, -0.2) is 8.42 Å². The topological polar surface area (TPSA) is 96.0 Å². The third-order valence-electron chi connectivity index (χ3n) is 7.24. The molecule has 0 aliphatic rings. The number of benzene rings is 4. The molecule has 2 amide bonds. The molecule has 0 unspecified atom stereocenters. The van der Waals surface area contributed by atoms with Crippen LogP contribution < -0.4 is 14.4 Å². The van der Waals surface area contributed by atoms with Gasteiger partial charge in [0.1, 0.15) is 18.3 Å². The average Bonchev–Trinajstić information content (AvgIpc) is 3.06. The standard InChI is InChI=1S/C34H34Cl3N3O5S/c1-3-19-38-34(42)31(20-24-11-6-4-7-12-24)39(22-27-28(35)15-10-16-29(27)36)33(41)23-40(25-17-18-32(45-2)30(37)21-25)46(43,44)26-13-8-5-9-14-26/h4-18,21,31H,3,19-20,22-23H2,1-2H3,(H,38,42)/t31-/m0/s1. The maximum absolute atomic E-state index is 14.5. The van der Waals surface area contributed by atoms with Crippen LogP contribution in [0.2, 0.25) is 15.1 Å². The Labute approximate surface area is 284 Å². The fourth-order valence-corrected chi connectivity index (χ4v) is 7.03. The lowest BCUT2D eigenvalue weighted by atomic mass is 10.0. The highest BCUT2D eigenvalue weighted by Crippen LogP contribution is 2.33. The molecule has 242 valence electrons. The molecule has 0 saturated heterocycles. The van der Waals surface area contributed by atoms with Crippen LogP contribution in [0.25, 0.3) is 0 Å². The summed E-state index contributed by atoms with van der Waals surface area (Å²) >= 11 is 19.5. The van der Waals surface area contributed by atoms with E-state index in [1.807, 2.05) is 37.3 Å². The van der Waals surface area contributed by atoms with E-state index in [1.54, 1.807) is 36.4 Å². The summed E-state index contributed by atoms with van der Waals surface area (Å²) in [7, 11) is -2.85. The molecule has 0 aromatic heterocycles. The maximum Gasteiger partial charge on any atom is 0.264 e. The van der Waals surface area contributed by atoms with Crippen LogP contribution in [0.4, 0.5) is 5.69 Å². The molecule has 0 radical (unpaired) electrons. The highest BCUT2D eigenvalue weighted by molar-refractivity contribution is 7.92. The molecule has 0 saturated carbocycles. The van der Waals surface area contributed by atoms with Crippen LogP contribution >= 0.6 is 34.8 Å². The first-order valence-corrected chi connectivity index (χ1v) is 17.1. The van der Waals surface area contributed by atoms with Crippen LogP contribution in [0.1, 0.15) is 24.5 Å². The smallest absolute Gasteiger partial charge is 0.264 e. The van der Waals surface area contributed by atoms with E-state index in [1.165, 1.54) is 42.3 Å². The van der Waals surface area contributed by atoms with Gasteiger partial charge in [-0.1, -0.05) is 96.3 Å². The second-order valence-corrected chi connectivity index (χ2v) is 13.4. The van der Waals surface area contributed by atoms with Gasteiger partial charge in [-0.3, -0.25) is 13.9 Å². The van der Waals surface area contributed by atoms with Gasteiger partial charge >= 0.3 is 0 Å². The number of halogens is 3. The minimum atomic E-state index is -4.29. The van der Waals surface area contributed by atoms with Crippen molar-refractivity contribution < 1.29 is 22.7 Å². The molecule has 0 spiro atoms. The molecule has 12 heteroatoms. The van der Waals surface area contributed by atoms with Gasteiger partial charge in [-0.2, -0.15) is 0 Å². The third kappa shape index (κ3) is 8.53. The van der Waals surface area contributed by atoms with Crippen molar-refractivity contribution >= 4 is 62.3 Å². The van der Waals surface area contributed by atoms with Gasteiger partial charge in [0.25, 0.3) is 10.0 Å². The SMILES string of the molecule is CCCNC(=O)[C@H](Cc1ccccc1)N(Cc1c(Cl)cccc1Cl)C(=O)CN(c1ccc(OC)c(Cl)c1)S(=O)(=O)c1ccccc1. The van der Waals surface area contributed by atoms with Crippen molar-refractivity contribution in [3.63, 3.8) is 0 Å². The van der Waals surface area contributed by atoms with Gasteiger partial charge in [0, 0.05) is 35.1 Å². The van der Waals surface area contributed by atoms with Gasteiger partial charge in [0.2, 0.25) is 11.8 Å². The molecule has 0 heterocycles. The third-order valence-corrected chi connectivity index (χ3v) is 10.0. The number of sulfonamides is 1. The first-order valence-electron chi connectivity index (χ1n) is 14.5. The quantitative estimate of drug-likeness (QED) is 0.153. The predicted octanol–water partition coefficient (Wildman–Crippen LogP) is 7.02. The van der Waals surface area contributed by atoms with Crippen molar-refractivity contribution in [3.8, 4) is 5.75 Å². The monoisotopic (exact) mass is 701 g/mol. The fraction of sp³-hybridized carbons (Fsp3) is 0.235. The molecule has 0 aliphatic heterocycles. The number of nitrogens with one attached hydrogen (secondary N) is 1. The van der Waals surface area contributed by atoms with Crippen LogP contribution in [-0.2, 0) is 32.6 Å². The number of rotatable bonds is 14. The first kappa shape index (κ1) is 35.1. The molecule has 4 rings (SSSR count). The van der Waals surface area contributed by atoms with Crippen LogP contribution in [0.15, 0.2) is 102 Å². The molecule has 8 nitrogen and oxygen atoms in total. The normalized spacial score (nSPS) is 11.8. The number of carbonyl (C=O) groups is 2. The molecule has 0 aliphatic carbocycles. The molecule has 4 aromatic rings. The van der Waals surface area contributed by atoms with Crippen LogP contribution in [0.5, 0.6) is 5.75 Å². The second kappa shape index (κ2) is 16.2. The highest BCUT2D eigenvalue weighted by Gasteiger charge is 2.35. The molecule has 4 aromatic carbocycles. The predicted molar refractivity (Wildman–Crippen MR) is 183 cm³/mol. The Kier molecular flexibility index (Phi) is 12.3. The summed E-state index contributed by atoms with van der Waals surface area (Å²) in [5.41, 5.74) is 1.36. The van der Waals surface area contributed by atoms with E-state index in [2.05, 4.69) is 5.32 Å². The minimum absolute atomic E-state index is 0.0306. The van der Waals surface area contributed by atoms with Crippen molar-refractivity contribution in [1.82, 2.24) is 10.2 Å². The average molecular weight is 703 g/mol. The number of carbonyl (C=O) groups excluding carboxylic acids is 2. The number of hydrogen-bond acceptors (Lipinski definition) is 5. The Morgan fingerprint density at radius 2 is 1.48 bits per heavy atom. The zero-order chi connectivity index (χ0) is 33.3. The summed E-state index contributed by atoms with van der Waals surface area (Å²) in [4.78, 5) is 29.6. The summed E-state index contributed by atoms with van der Waals surface area (Å²) in [6.45, 7) is 1.49. The van der Waals surface area contributed by atoms with Crippen LogP contribution in [-0.4, -0.2) is 51.4 Å². The van der Waals surface area contributed by atoms with E-state index in [0.717, 1.165) is 9.87 Å². The van der Waals surface area contributed by atoms with Gasteiger partial charge in [-0.05, 0) is 54.4 Å². The minimum Gasteiger partial charge on any atom is -0.495 e. The van der Waals surface area contributed by atoms with E-state index in [0.29, 0.717) is 34.3 Å². The Bertz CT molecular complexity index is 1740. The van der Waals surface area contributed by atoms with Gasteiger partial charge < -0.3 is 15.0 Å². The van der Waals surface area contributed by atoms with Crippen LogP contribution in [0.3, 0.4) is 0 Å². The fourth-order valence-electron chi connectivity index (χ4n) is 4.83. The van der Waals surface area contributed by atoms with Crippen molar-refractivity contribution in [2.75, 3.05) is 24.5 Å². The molecule has 0 bridgehead atoms. The summed E-state index contributed by atoms with van der Waals surface area (Å²) in [5.74, 6) is -0.721. The lowest BCUT2D eigenvalue weighted by Crippen LogP contribution is -2.53. The number of hydrogen-bond donors (Lipinski definition) is 1. The zero-order valence-electron chi connectivity index (χ0n) is 25.3. The summed E-state index contributed by atoms with van der Waals surface area (Å²) in [6.07, 6.45) is 0.833. The maximum atomic E-state index is 14.5. The second-order valence-electron chi connectivity index (χ2n) is 10.4. The van der Waals surface area contributed by atoms with E-state index in [-0.39, 0.29) is 28.6 Å². The summed E-state index contributed by atoms with van der Waals surface area (Å²) in [6, 6.07) is 25.4. The van der Waals surface area contributed by atoms with Crippen molar-refractivity contribution in [3.05, 3.63) is 123 Å². The van der Waals surface area contributed by atoms with E-state index >= 15 is 0 Å². The molecule has 1 atom stereocenters. The van der Waals surface area contributed by atoms with Gasteiger partial charge in [0.15, 0.2) is 0 Å². The van der Waals surface area contributed by atoms with Gasteiger partial charge in [0.05, 0.1) is 22.7 Å². The highest BCUT2D eigenvalue weighted by atomic mass is 35.5. The summed E-state index contributed by atoms with van der Waals surface area (Å²) < 4.78 is 34.5. The lowest BCUT2D eigenvalue weighted by Gasteiger charge is -2.34. The zero-order valence-corrected chi connectivity index (χ0v) is 28.4. The first-order chi connectivity index (χ1) is 22.1. The van der Waals surface area contributed by atoms with Crippen molar-refractivity contribution in [1.29, 1.82) is 0 Å². The number of methoxy groups -OCH3 is 1. The summed E-state index contributed by atoms with van der Waals surface area (Å²) in [5, 5.41) is 3.66. The Balaban J connectivity index is 1.84. The van der Waals surface area contributed by atoms with Crippen molar-refractivity contribution in [2.24, 2.45) is 0 Å². The molecular formula is C34H34Cl3N3O5S. The Morgan fingerprint density at radius 1 is 0.848 bits per heavy atom. The Morgan fingerprint density at radius 3 is 2.07 bits per heavy atom. The van der Waals surface area contributed by atoms with Crippen molar-refractivity contribution in [2.45, 2.75) is 37.2 Å².